The van der Waals surface area contributed by atoms with Crippen molar-refractivity contribution in [3.05, 3.63) is 28.3 Å². The van der Waals surface area contributed by atoms with E-state index in [1.54, 1.807) is 13.8 Å². The number of nitro groups is 1. The first-order valence-electron chi connectivity index (χ1n) is 6.01. The van der Waals surface area contributed by atoms with Crippen LogP contribution in [0.2, 0.25) is 0 Å². The Morgan fingerprint density at radius 1 is 1.45 bits per heavy atom. The van der Waals surface area contributed by atoms with Crippen molar-refractivity contribution in [2.75, 3.05) is 18.2 Å². The van der Waals surface area contributed by atoms with Crippen LogP contribution in [-0.4, -0.2) is 31.6 Å². The molecule has 0 aromatic heterocycles. The normalized spacial score (nSPS) is 12.9. The Hall–Kier alpha value is -1.34. The summed E-state index contributed by atoms with van der Waals surface area (Å²) in [7, 11) is -3.54. The van der Waals surface area contributed by atoms with Crippen molar-refractivity contribution in [3.63, 3.8) is 0 Å². The molecule has 1 aromatic carbocycles. The first kappa shape index (κ1) is 16.7. The molecule has 0 fully saturated rings. The van der Waals surface area contributed by atoms with E-state index in [0.29, 0.717) is 0 Å². The summed E-state index contributed by atoms with van der Waals surface area (Å²) < 4.78 is 29.4. The molecule has 8 heteroatoms. The summed E-state index contributed by atoms with van der Waals surface area (Å²) >= 11 is 5.61. The van der Waals surface area contributed by atoms with Gasteiger partial charge in [0, 0.05) is 18.0 Å². The Kier molecular flexibility index (Phi) is 5.76. The maximum atomic E-state index is 12.2. The minimum absolute atomic E-state index is 0.00326. The largest absolute Gasteiger partial charge is 0.487 e. The van der Waals surface area contributed by atoms with Crippen LogP contribution in [0, 0.1) is 16.0 Å². The molecule has 0 aliphatic rings. The van der Waals surface area contributed by atoms with Crippen LogP contribution in [0.4, 0.5) is 5.69 Å². The fraction of sp³-hybridized carbons (Fsp3) is 0.500. The molecule has 0 aliphatic heterocycles. The number of alkyl halides is 1. The van der Waals surface area contributed by atoms with E-state index in [9.17, 15) is 18.5 Å². The van der Waals surface area contributed by atoms with Crippen molar-refractivity contribution < 1.29 is 18.1 Å². The van der Waals surface area contributed by atoms with Gasteiger partial charge in [-0.1, -0.05) is 6.92 Å². The Labute approximate surface area is 122 Å². The average molecular weight is 322 g/mol. The predicted molar refractivity (Wildman–Crippen MR) is 76.2 cm³/mol. The highest BCUT2D eigenvalue weighted by Crippen LogP contribution is 2.30. The number of ether oxygens (including phenoxy) is 1. The monoisotopic (exact) mass is 321 g/mol. The molecular weight excluding hydrogens is 306 g/mol. The van der Waals surface area contributed by atoms with Gasteiger partial charge in [-0.25, -0.2) is 8.42 Å². The Morgan fingerprint density at radius 3 is 2.60 bits per heavy atom. The number of rotatable bonds is 7. The lowest BCUT2D eigenvalue weighted by Crippen LogP contribution is -2.15. The third-order valence-electron chi connectivity index (χ3n) is 2.55. The summed E-state index contributed by atoms with van der Waals surface area (Å²) in [6.07, 6.45) is 0. The van der Waals surface area contributed by atoms with E-state index in [1.165, 1.54) is 12.1 Å². The molecule has 1 unspecified atom stereocenters. The van der Waals surface area contributed by atoms with Gasteiger partial charge in [0.25, 0.3) is 0 Å². The lowest BCUT2D eigenvalue weighted by Gasteiger charge is -2.10. The van der Waals surface area contributed by atoms with Gasteiger partial charge in [0.15, 0.2) is 15.6 Å². The topological polar surface area (TPSA) is 86.5 Å². The van der Waals surface area contributed by atoms with Gasteiger partial charge in [-0.2, -0.15) is 0 Å². The molecule has 112 valence electrons. The standard InChI is InChI=1S/C12H16ClNO5S/c1-3-19-12-6-10(4-5-11(12)14(15)16)20(17,18)8-9(2)7-13/h4-6,9H,3,7-8H2,1-2H3. The fourth-order valence-corrected chi connectivity index (χ4v) is 3.49. The second kappa shape index (κ2) is 6.90. The molecule has 1 atom stereocenters. The van der Waals surface area contributed by atoms with Crippen molar-refractivity contribution in [3.8, 4) is 5.75 Å². The van der Waals surface area contributed by atoms with Crippen LogP contribution in [0.1, 0.15) is 13.8 Å². The zero-order chi connectivity index (χ0) is 15.3. The van der Waals surface area contributed by atoms with Gasteiger partial charge in [0.1, 0.15) is 0 Å². The Bertz CT molecular complexity index is 588. The molecule has 1 rings (SSSR count). The van der Waals surface area contributed by atoms with Crippen LogP contribution in [0.5, 0.6) is 5.75 Å². The number of halogens is 1. The molecule has 0 heterocycles. The fourth-order valence-electron chi connectivity index (χ4n) is 1.63. The zero-order valence-electron chi connectivity index (χ0n) is 11.2. The van der Waals surface area contributed by atoms with Gasteiger partial charge in [-0.05, 0) is 18.9 Å². The molecule has 0 saturated heterocycles. The second-order valence-electron chi connectivity index (χ2n) is 4.36. The van der Waals surface area contributed by atoms with Crippen LogP contribution < -0.4 is 4.74 Å². The van der Waals surface area contributed by atoms with E-state index in [4.69, 9.17) is 16.3 Å². The molecule has 0 radical (unpaired) electrons. The summed E-state index contributed by atoms with van der Waals surface area (Å²) in [5.41, 5.74) is -0.254. The summed E-state index contributed by atoms with van der Waals surface area (Å²) in [4.78, 5) is 10.2. The first-order valence-corrected chi connectivity index (χ1v) is 8.20. The SMILES string of the molecule is CCOc1cc(S(=O)(=O)CC(C)CCl)ccc1[N+](=O)[O-]. The molecule has 0 spiro atoms. The first-order chi connectivity index (χ1) is 9.31. The number of nitrogens with zero attached hydrogens (tertiary/aromatic N) is 1. The zero-order valence-corrected chi connectivity index (χ0v) is 12.8. The van der Waals surface area contributed by atoms with E-state index < -0.39 is 14.8 Å². The van der Waals surface area contributed by atoms with Crippen molar-refractivity contribution in [1.29, 1.82) is 0 Å². The number of hydrogen-bond donors (Lipinski definition) is 0. The maximum Gasteiger partial charge on any atom is 0.311 e. The summed E-state index contributed by atoms with van der Waals surface area (Å²) in [6, 6.07) is 3.55. The summed E-state index contributed by atoms with van der Waals surface area (Å²) in [5.74, 6) is -0.130. The molecule has 0 N–H and O–H groups in total. The minimum Gasteiger partial charge on any atom is -0.487 e. The van der Waals surface area contributed by atoms with Crippen molar-refractivity contribution in [2.45, 2.75) is 18.7 Å². The number of benzene rings is 1. The second-order valence-corrected chi connectivity index (χ2v) is 6.70. The van der Waals surface area contributed by atoms with Crippen LogP contribution in [0.15, 0.2) is 23.1 Å². The van der Waals surface area contributed by atoms with Gasteiger partial charge in [0.05, 0.1) is 22.2 Å². The summed E-state index contributed by atoms with van der Waals surface area (Å²) in [5, 5.41) is 10.8. The van der Waals surface area contributed by atoms with E-state index in [-0.39, 0.29) is 40.5 Å². The highest BCUT2D eigenvalue weighted by molar-refractivity contribution is 7.91. The predicted octanol–water partition coefficient (Wildman–Crippen LogP) is 2.64. The molecule has 20 heavy (non-hydrogen) atoms. The molecule has 1 aromatic rings. The third kappa shape index (κ3) is 4.08. The van der Waals surface area contributed by atoms with E-state index >= 15 is 0 Å². The van der Waals surface area contributed by atoms with Crippen molar-refractivity contribution in [1.82, 2.24) is 0 Å². The van der Waals surface area contributed by atoms with Crippen molar-refractivity contribution in [2.24, 2.45) is 5.92 Å². The quantitative estimate of drug-likeness (QED) is 0.437. The average Bonchev–Trinajstić information content (AvgIpc) is 2.38. The third-order valence-corrected chi connectivity index (χ3v) is 5.06. The van der Waals surface area contributed by atoms with Gasteiger partial charge in [0.2, 0.25) is 0 Å². The molecule has 0 saturated carbocycles. The molecular formula is C12H16ClNO5S. The Balaban J connectivity index is 3.20. The number of sulfone groups is 1. The summed E-state index contributed by atoms with van der Waals surface area (Å²) in [6.45, 7) is 3.60. The molecule has 0 bridgehead atoms. The number of hydrogen-bond acceptors (Lipinski definition) is 5. The van der Waals surface area contributed by atoms with E-state index in [0.717, 1.165) is 6.07 Å². The van der Waals surface area contributed by atoms with Crippen LogP contribution >= 0.6 is 11.6 Å². The van der Waals surface area contributed by atoms with Crippen molar-refractivity contribution >= 4 is 27.1 Å². The Morgan fingerprint density at radius 2 is 2.10 bits per heavy atom. The van der Waals surface area contributed by atoms with Crippen LogP contribution in [0.25, 0.3) is 0 Å². The van der Waals surface area contributed by atoms with Gasteiger partial charge in [-0.15, -0.1) is 11.6 Å². The number of nitro benzene ring substituents is 1. The van der Waals surface area contributed by atoms with Crippen LogP contribution in [0.3, 0.4) is 0 Å². The van der Waals surface area contributed by atoms with Gasteiger partial charge >= 0.3 is 5.69 Å². The highest BCUT2D eigenvalue weighted by atomic mass is 35.5. The molecule has 0 aliphatic carbocycles. The maximum absolute atomic E-state index is 12.2. The molecule has 6 nitrogen and oxygen atoms in total. The smallest absolute Gasteiger partial charge is 0.311 e. The van der Waals surface area contributed by atoms with Crippen LogP contribution in [-0.2, 0) is 9.84 Å². The van der Waals surface area contributed by atoms with E-state index in [2.05, 4.69) is 0 Å². The van der Waals surface area contributed by atoms with Gasteiger partial charge in [-0.3, -0.25) is 10.1 Å². The van der Waals surface area contributed by atoms with Gasteiger partial charge < -0.3 is 4.74 Å². The lowest BCUT2D eigenvalue weighted by atomic mass is 10.3. The van der Waals surface area contributed by atoms with E-state index in [1.807, 2.05) is 0 Å². The minimum atomic E-state index is -3.54. The lowest BCUT2D eigenvalue weighted by molar-refractivity contribution is -0.385. The highest BCUT2D eigenvalue weighted by Gasteiger charge is 2.23. The molecule has 0 amide bonds.